The van der Waals surface area contributed by atoms with Gasteiger partial charge in [-0.3, -0.25) is 9.59 Å². The van der Waals surface area contributed by atoms with Gasteiger partial charge in [0, 0.05) is 22.0 Å². The van der Waals surface area contributed by atoms with Crippen LogP contribution in [0.25, 0.3) is 16.7 Å². The van der Waals surface area contributed by atoms with Gasteiger partial charge >= 0.3 is 0 Å². The van der Waals surface area contributed by atoms with E-state index in [9.17, 15) is 9.59 Å². The summed E-state index contributed by atoms with van der Waals surface area (Å²) < 4.78 is 1.59. The number of amides is 2. The highest BCUT2D eigenvalue weighted by atomic mass is 35.5. The number of rotatable bonds is 5. The number of aryl methyl sites for hydroxylation is 2. The Balaban J connectivity index is 1.50. The lowest BCUT2D eigenvalue weighted by molar-refractivity contribution is -0.115. The Morgan fingerprint density at radius 3 is 2.55 bits per heavy atom. The molecular weight excluding hydrogens is 414 g/mol. The van der Waals surface area contributed by atoms with Crippen molar-refractivity contribution in [1.29, 1.82) is 0 Å². The van der Waals surface area contributed by atoms with Crippen LogP contribution in [-0.4, -0.2) is 33.1 Å². The lowest BCUT2D eigenvalue weighted by Gasteiger charge is -2.11. The third kappa shape index (κ3) is 4.57. The van der Waals surface area contributed by atoms with E-state index < -0.39 is 0 Å². The molecule has 0 aliphatic carbocycles. The maximum absolute atomic E-state index is 12.5. The molecule has 0 aliphatic rings. The topological polar surface area (TPSA) is 88.9 Å². The van der Waals surface area contributed by atoms with Crippen molar-refractivity contribution in [3.63, 3.8) is 0 Å². The number of nitrogens with zero attached hydrogens (tertiary/aromatic N) is 3. The molecule has 7 nitrogen and oxygen atoms in total. The Hall–Kier alpha value is -3.71. The van der Waals surface area contributed by atoms with E-state index in [0.29, 0.717) is 22.2 Å². The molecule has 0 aliphatic heterocycles. The second-order valence-electron chi connectivity index (χ2n) is 7.14. The predicted molar refractivity (Wildman–Crippen MR) is 121 cm³/mol. The fourth-order valence-corrected chi connectivity index (χ4v) is 3.38. The van der Waals surface area contributed by atoms with Crippen LogP contribution in [0.5, 0.6) is 0 Å². The Bertz CT molecular complexity index is 1280. The number of carbonyl (C=O) groups excluding carboxylic acids is 2. The molecule has 0 atom stereocenters. The van der Waals surface area contributed by atoms with Crippen molar-refractivity contribution in [2.24, 2.45) is 0 Å². The monoisotopic (exact) mass is 433 g/mol. The van der Waals surface area contributed by atoms with E-state index in [1.165, 1.54) is 0 Å². The third-order valence-corrected chi connectivity index (χ3v) is 4.99. The van der Waals surface area contributed by atoms with Crippen molar-refractivity contribution in [1.82, 2.24) is 20.1 Å². The summed E-state index contributed by atoms with van der Waals surface area (Å²) >= 11 is 5.83. The minimum Gasteiger partial charge on any atom is -0.343 e. The summed E-state index contributed by atoms with van der Waals surface area (Å²) in [5.41, 5.74) is 3.06. The average molecular weight is 434 g/mol. The van der Waals surface area contributed by atoms with Gasteiger partial charge in [0.05, 0.1) is 17.8 Å². The normalized spacial score (nSPS) is 10.8. The SMILES string of the molecule is Cc1cc(NC(=O)CNC(=O)c2ccc(Cl)cc2)n(-c2cc(C)c3ccccc3n2)n1. The number of hydrogen-bond donors (Lipinski definition) is 2. The van der Waals surface area contributed by atoms with E-state index in [1.807, 2.05) is 44.2 Å². The van der Waals surface area contributed by atoms with Crippen LogP contribution in [0.4, 0.5) is 5.82 Å². The molecule has 0 unspecified atom stereocenters. The van der Waals surface area contributed by atoms with Gasteiger partial charge in [-0.2, -0.15) is 9.78 Å². The maximum Gasteiger partial charge on any atom is 0.251 e. The molecule has 0 fully saturated rings. The molecule has 2 N–H and O–H groups in total. The Labute approximate surface area is 184 Å². The molecule has 0 spiro atoms. The van der Waals surface area contributed by atoms with Gasteiger partial charge in [0.15, 0.2) is 5.82 Å². The molecular formula is C23H20ClN5O2. The minimum absolute atomic E-state index is 0.185. The second-order valence-corrected chi connectivity index (χ2v) is 7.57. The molecule has 0 bridgehead atoms. The molecule has 4 aromatic rings. The summed E-state index contributed by atoms with van der Waals surface area (Å²) in [7, 11) is 0. The summed E-state index contributed by atoms with van der Waals surface area (Å²) in [6, 6.07) is 18.0. The first-order valence-electron chi connectivity index (χ1n) is 9.68. The number of pyridine rings is 1. The lowest BCUT2D eigenvalue weighted by atomic mass is 10.1. The number of anilines is 1. The van der Waals surface area contributed by atoms with Gasteiger partial charge in [-0.1, -0.05) is 29.8 Å². The summed E-state index contributed by atoms with van der Waals surface area (Å²) in [5, 5.41) is 11.5. The van der Waals surface area contributed by atoms with Gasteiger partial charge in [0.2, 0.25) is 5.91 Å². The Morgan fingerprint density at radius 2 is 1.77 bits per heavy atom. The minimum atomic E-state index is -0.374. The quantitative estimate of drug-likeness (QED) is 0.496. The maximum atomic E-state index is 12.5. The average Bonchev–Trinajstić information content (AvgIpc) is 3.12. The van der Waals surface area contributed by atoms with E-state index in [-0.39, 0.29) is 18.4 Å². The molecule has 31 heavy (non-hydrogen) atoms. The second kappa shape index (κ2) is 8.57. The highest BCUT2D eigenvalue weighted by molar-refractivity contribution is 6.30. The number of para-hydroxylation sites is 1. The van der Waals surface area contributed by atoms with Crippen LogP contribution < -0.4 is 10.6 Å². The first-order chi connectivity index (χ1) is 14.9. The fourth-order valence-electron chi connectivity index (χ4n) is 3.25. The van der Waals surface area contributed by atoms with Crippen molar-refractivity contribution in [2.75, 3.05) is 11.9 Å². The molecule has 2 amide bonds. The van der Waals surface area contributed by atoms with Crippen LogP contribution in [-0.2, 0) is 4.79 Å². The molecule has 8 heteroatoms. The Kier molecular flexibility index (Phi) is 5.68. The zero-order valence-electron chi connectivity index (χ0n) is 17.0. The van der Waals surface area contributed by atoms with Gasteiger partial charge in [0.25, 0.3) is 5.91 Å². The van der Waals surface area contributed by atoms with Gasteiger partial charge in [-0.05, 0) is 55.8 Å². The number of carbonyl (C=O) groups is 2. The molecule has 0 radical (unpaired) electrons. The summed E-state index contributed by atoms with van der Waals surface area (Å²) in [5.74, 6) is 0.347. The highest BCUT2D eigenvalue weighted by Gasteiger charge is 2.14. The first-order valence-corrected chi connectivity index (χ1v) is 10.1. The molecule has 4 rings (SSSR count). The summed E-state index contributed by atoms with van der Waals surface area (Å²) in [6.45, 7) is 3.66. The number of hydrogen-bond acceptors (Lipinski definition) is 4. The molecule has 2 aromatic carbocycles. The van der Waals surface area contributed by atoms with Crippen LogP contribution in [0.2, 0.25) is 5.02 Å². The van der Waals surface area contributed by atoms with E-state index in [1.54, 1.807) is 35.0 Å². The van der Waals surface area contributed by atoms with Crippen molar-refractivity contribution >= 4 is 40.1 Å². The zero-order chi connectivity index (χ0) is 22.0. The van der Waals surface area contributed by atoms with Crippen LogP contribution >= 0.6 is 11.6 Å². The number of aromatic nitrogens is 3. The van der Waals surface area contributed by atoms with Crippen molar-refractivity contribution in [2.45, 2.75) is 13.8 Å². The number of nitrogens with one attached hydrogen (secondary N) is 2. The van der Waals surface area contributed by atoms with Crippen molar-refractivity contribution in [3.8, 4) is 5.82 Å². The van der Waals surface area contributed by atoms with E-state index in [0.717, 1.165) is 22.2 Å². The smallest absolute Gasteiger partial charge is 0.251 e. The largest absolute Gasteiger partial charge is 0.343 e. The van der Waals surface area contributed by atoms with E-state index >= 15 is 0 Å². The van der Waals surface area contributed by atoms with Crippen LogP contribution in [0.15, 0.2) is 60.7 Å². The zero-order valence-corrected chi connectivity index (χ0v) is 17.8. The van der Waals surface area contributed by atoms with Crippen LogP contribution in [0.3, 0.4) is 0 Å². The predicted octanol–water partition coefficient (Wildman–Crippen LogP) is 4.06. The fraction of sp³-hybridized carbons (Fsp3) is 0.130. The van der Waals surface area contributed by atoms with Crippen molar-refractivity contribution < 1.29 is 9.59 Å². The van der Waals surface area contributed by atoms with E-state index in [2.05, 4.69) is 20.7 Å². The van der Waals surface area contributed by atoms with Crippen LogP contribution in [0.1, 0.15) is 21.6 Å². The summed E-state index contributed by atoms with van der Waals surface area (Å²) in [6.07, 6.45) is 0. The highest BCUT2D eigenvalue weighted by Crippen LogP contribution is 2.22. The third-order valence-electron chi connectivity index (χ3n) is 4.74. The molecule has 2 heterocycles. The molecule has 2 aromatic heterocycles. The van der Waals surface area contributed by atoms with Crippen LogP contribution in [0, 0.1) is 13.8 Å². The van der Waals surface area contributed by atoms with Gasteiger partial charge in [-0.15, -0.1) is 0 Å². The van der Waals surface area contributed by atoms with Crippen molar-refractivity contribution in [3.05, 3.63) is 82.5 Å². The molecule has 0 saturated heterocycles. The van der Waals surface area contributed by atoms with E-state index in [4.69, 9.17) is 11.6 Å². The first kappa shape index (κ1) is 20.6. The molecule has 156 valence electrons. The summed E-state index contributed by atoms with van der Waals surface area (Å²) in [4.78, 5) is 29.3. The standard InChI is InChI=1S/C23H20ClN5O2/c1-14-11-20(26-19-6-4-3-5-18(14)19)29-21(12-15(2)28-29)27-22(30)13-25-23(31)16-7-9-17(24)10-8-16/h3-12H,13H2,1-2H3,(H,25,31)(H,27,30). The van der Waals surface area contributed by atoms with Gasteiger partial charge in [0.1, 0.15) is 5.82 Å². The number of halogens is 1. The number of fused-ring (bicyclic) bond motifs is 1. The number of benzene rings is 2. The van der Waals surface area contributed by atoms with Gasteiger partial charge < -0.3 is 10.6 Å². The van der Waals surface area contributed by atoms with Gasteiger partial charge in [-0.25, -0.2) is 4.98 Å². The molecule has 0 saturated carbocycles. The Morgan fingerprint density at radius 1 is 1.03 bits per heavy atom. The lowest BCUT2D eigenvalue weighted by Crippen LogP contribution is -2.33.